The van der Waals surface area contributed by atoms with Crippen LogP contribution in [0.25, 0.3) is 11.0 Å². The quantitative estimate of drug-likeness (QED) is 0.520. The number of hydrogen-bond donors (Lipinski definition) is 2. The molecule has 31 heavy (non-hydrogen) atoms. The van der Waals surface area contributed by atoms with Crippen molar-refractivity contribution in [3.05, 3.63) is 59.0 Å². The number of rotatable bonds is 9. The van der Waals surface area contributed by atoms with Gasteiger partial charge in [-0.2, -0.15) is 0 Å². The number of fused-ring (bicyclic) bond motifs is 1. The van der Waals surface area contributed by atoms with Gasteiger partial charge in [0.15, 0.2) is 0 Å². The van der Waals surface area contributed by atoms with E-state index < -0.39 is 10.0 Å². The summed E-state index contributed by atoms with van der Waals surface area (Å²) in [7, 11) is -0.484. The van der Waals surface area contributed by atoms with Crippen LogP contribution in [0.5, 0.6) is 0 Å². The molecule has 3 aromatic rings. The molecule has 1 amide bonds. The van der Waals surface area contributed by atoms with E-state index in [2.05, 4.69) is 10.0 Å². The Morgan fingerprint density at radius 1 is 1.10 bits per heavy atom. The molecule has 0 radical (unpaired) electrons. The number of nitrogens with zero attached hydrogens (tertiary/aromatic N) is 2. The number of carbonyl (C=O) groups is 1. The predicted octanol–water partition coefficient (Wildman–Crippen LogP) is 1.68. The highest BCUT2D eigenvalue weighted by Gasteiger charge is 2.17. The minimum atomic E-state index is -3.68. The largest absolute Gasteiger partial charge is 0.383 e. The van der Waals surface area contributed by atoms with Gasteiger partial charge >= 0.3 is 5.69 Å². The lowest BCUT2D eigenvalue weighted by molar-refractivity contribution is -0.116. The van der Waals surface area contributed by atoms with Gasteiger partial charge in [-0.3, -0.25) is 13.9 Å². The molecule has 0 fully saturated rings. The second-order valence-electron chi connectivity index (χ2n) is 7.28. The zero-order valence-electron chi connectivity index (χ0n) is 17.7. The van der Waals surface area contributed by atoms with Crippen molar-refractivity contribution in [1.29, 1.82) is 0 Å². The summed E-state index contributed by atoms with van der Waals surface area (Å²) in [6.07, 6.45) is 0.101. The van der Waals surface area contributed by atoms with Gasteiger partial charge in [-0.15, -0.1) is 0 Å². The van der Waals surface area contributed by atoms with Crippen molar-refractivity contribution in [2.75, 3.05) is 19.0 Å². The lowest BCUT2D eigenvalue weighted by Gasteiger charge is -2.13. The molecule has 0 saturated heterocycles. The molecule has 0 aliphatic rings. The van der Waals surface area contributed by atoms with Crippen LogP contribution in [0, 0.1) is 0 Å². The molecule has 1 aromatic heterocycles. The van der Waals surface area contributed by atoms with Crippen molar-refractivity contribution >= 4 is 32.7 Å². The Morgan fingerprint density at radius 2 is 1.74 bits per heavy atom. The Morgan fingerprint density at radius 3 is 2.39 bits per heavy atom. The van der Waals surface area contributed by atoms with Crippen LogP contribution in [0.15, 0.2) is 58.2 Å². The van der Waals surface area contributed by atoms with E-state index >= 15 is 0 Å². The number of methoxy groups -OCH3 is 1. The van der Waals surface area contributed by atoms with E-state index in [-0.39, 0.29) is 42.1 Å². The number of aromatic nitrogens is 2. The molecular weight excluding hydrogens is 420 g/mol. The monoisotopic (exact) mass is 446 g/mol. The fraction of sp³-hybridized carbons (Fsp3) is 0.333. The molecule has 9 nitrogen and oxygen atoms in total. The van der Waals surface area contributed by atoms with Crippen molar-refractivity contribution < 1.29 is 17.9 Å². The summed E-state index contributed by atoms with van der Waals surface area (Å²) in [5, 5.41) is 2.73. The first-order valence-electron chi connectivity index (χ1n) is 9.78. The molecule has 2 N–H and O–H groups in total. The predicted molar refractivity (Wildman–Crippen MR) is 119 cm³/mol. The number of sulfonamides is 1. The summed E-state index contributed by atoms with van der Waals surface area (Å²) in [5.74, 6) is -0.276. The molecule has 166 valence electrons. The average molecular weight is 447 g/mol. The standard InChI is InChI=1S/C21H26N4O5S/c1-15(14-30-3)23-31(28,29)17-10-8-16(9-11-17)22-20(26)12-13-25-19-7-5-4-6-18(19)24(2)21(25)27/h4-11,15,23H,12-14H2,1-3H3,(H,22,26). The van der Waals surface area contributed by atoms with E-state index in [1.165, 1.54) is 31.4 Å². The van der Waals surface area contributed by atoms with E-state index in [4.69, 9.17) is 4.74 Å². The number of benzene rings is 2. The Labute approximate surface area is 180 Å². The van der Waals surface area contributed by atoms with Crippen LogP contribution in [0.2, 0.25) is 0 Å². The van der Waals surface area contributed by atoms with Gasteiger partial charge in [0, 0.05) is 38.9 Å². The van der Waals surface area contributed by atoms with Gasteiger partial charge in [0.05, 0.1) is 22.5 Å². The second kappa shape index (κ2) is 9.46. The van der Waals surface area contributed by atoms with Crippen LogP contribution in [0.4, 0.5) is 5.69 Å². The lowest BCUT2D eigenvalue weighted by Crippen LogP contribution is -2.35. The topological polar surface area (TPSA) is 111 Å². The molecule has 3 rings (SSSR count). The number of imidazole rings is 1. The minimum absolute atomic E-state index is 0.0933. The van der Waals surface area contributed by atoms with E-state index in [1.807, 2.05) is 24.3 Å². The second-order valence-corrected chi connectivity index (χ2v) is 9.00. The first-order chi connectivity index (χ1) is 14.7. The summed E-state index contributed by atoms with van der Waals surface area (Å²) in [6, 6.07) is 12.9. The first kappa shape index (κ1) is 22.7. The number of carbonyl (C=O) groups excluding carboxylic acids is 1. The van der Waals surface area contributed by atoms with Crippen LogP contribution in [-0.4, -0.2) is 43.2 Å². The molecule has 0 aliphatic heterocycles. The third-order valence-electron chi connectivity index (χ3n) is 4.84. The van der Waals surface area contributed by atoms with Crippen LogP contribution in [-0.2, 0) is 33.1 Å². The fourth-order valence-corrected chi connectivity index (χ4v) is 4.58. The highest BCUT2D eigenvalue weighted by atomic mass is 32.2. The number of amides is 1. The maximum atomic E-state index is 12.4. The van der Waals surface area contributed by atoms with Crippen molar-refractivity contribution in [3.8, 4) is 0 Å². The third kappa shape index (κ3) is 5.22. The zero-order valence-corrected chi connectivity index (χ0v) is 18.5. The summed E-state index contributed by atoms with van der Waals surface area (Å²) in [6.45, 7) is 2.20. The molecular formula is C21H26N4O5S. The average Bonchev–Trinajstić information content (AvgIpc) is 2.97. The summed E-state index contributed by atoms with van der Waals surface area (Å²) in [4.78, 5) is 24.9. The van der Waals surface area contributed by atoms with E-state index in [0.717, 1.165) is 11.0 Å². The third-order valence-corrected chi connectivity index (χ3v) is 6.44. The number of hydrogen-bond acceptors (Lipinski definition) is 5. The lowest BCUT2D eigenvalue weighted by atomic mass is 10.3. The summed E-state index contributed by atoms with van der Waals surface area (Å²) in [5.41, 5.74) is 1.86. The maximum absolute atomic E-state index is 12.4. The molecule has 0 aliphatic carbocycles. The van der Waals surface area contributed by atoms with Crippen molar-refractivity contribution in [2.24, 2.45) is 7.05 Å². The van der Waals surface area contributed by atoms with E-state index in [1.54, 1.807) is 23.1 Å². The van der Waals surface area contributed by atoms with Crippen molar-refractivity contribution in [3.63, 3.8) is 0 Å². The Balaban J connectivity index is 1.63. The van der Waals surface area contributed by atoms with Crippen molar-refractivity contribution in [2.45, 2.75) is 30.8 Å². The van der Waals surface area contributed by atoms with Crippen LogP contribution < -0.4 is 15.7 Å². The highest BCUT2D eigenvalue weighted by Crippen LogP contribution is 2.16. The van der Waals surface area contributed by atoms with Gasteiger partial charge < -0.3 is 10.1 Å². The Bertz CT molecular complexity index is 1230. The molecule has 2 aromatic carbocycles. The Hall–Kier alpha value is -2.95. The summed E-state index contributed by atoms with van der Waals surface area (Å²) >= 11 is 0. The summed E-state index contributed by atoms with van der Waals surface area (Å²) < 4.78 is 35.3. The molecule has 1 atom stereocenters. The number of ether oxygens (including phenoxy) is 1. The van der Waals surface area contributed by atoms with E-state index in [0.29, 0.717) is 5.69 Å². The smallest absolute Gasteiger partial charge is 0.328 e. The number of nitrogens with one attached hydrogen (secondary N) is 2. The van der Waals surface area contributed by atoms with Gasteiger partial charge in [0.25, 0.3) is 0 Å². The molecule has 0 saturated carbocycles. The van der Waals surface area contributed by atoms with Gasteiger partial charge in [0.1, 0.15) is 0 Å². The van der Waals surface area contributed by atoms with Crippen LogP contribution in [0.3, 0.4) is 0 Å². The number of anilines is 1. The maximum Gasteiger partial charge on any atom is 0.328 e. The molecule has 0 spiro atoms. The normalized spacial score (nSPS) is 12.7. The fourth-order valence-electron chi connectivity index (χ4n) is 3.35. The molecule has 0 bridgehead atoms. The highest BCUT2D eigenvalue weighted by molar-refractivity contribution is 7.89. The van der Waals surface area contributed by atoms with Crippen molar-refractivity contribution in [1.82, 2.24) is 13.9 Å². The molecule has 10 heteroatoms. The number of aryl methyl sites for hydroxylation is 2. The van der Waals surface area contributed by atoms with Crippen LogP contribution >= 0.6 is 0 Å². The van der Waals surface area contributed by atoms with Crippen LogP contribution in [0.1, 0.15) is 13.3 Å². The zero-order chi connectivity index (χ0) is 22.6. The van der Waals surface area contributed by atoms with Gasteiger partial charge in [-0.25, -0.2) is 17.9 Å². The van der Waals surface area contributed by atoms with Gasteiger partial charge in [-0.1, -0.05) is 12.1 Å². The van der Waals surface area contributed by atoms with Gasteiger partial charge in [-0.05, 0) is 43.3 Å². The Kier molecular flexibility index (Phi) is 6.94. The first-order valence-corrected chi connectivity index (χ1v) is 11.3. The molecule has 1 unspecified atom stereocenters. The minimum Gasteiger partial charge on any atom is -0.383 e. The SMILES string of the molecule is COCC(C)NS(=O)(=O)c1ccc(NC(=O)CCn2c(=O)n(C)c3ccccc32)cc1. The molecule has 1 heterocycles. The van der Waals surface area contributed by atoms with E-state index in [9.17, 15) is 18.0 Å². The van der Waals surface area contributed by atoms with Gasteiger partial charge in [0.2, 0.25) is 15.9 Å². The number of para-hydroxylation sites is 2.